The van der Waals surface area contributed by atoms with Crippen LogP contribution in [-0.2, 0) is 0 Å². The standard InChI is InChI=1S/C20H26N2O/c23-19(16-11-13-21-14-12-16)15-22-20(17-7-3-1-4-8-17)18-9-5-2-6-10-18/h1,3-4,7-8,11-14,18-20,22-23H,2,5-6,9-10,15H2/t19-,20+/m1/s1. The van der Waals surface area contributed by atoms with E-state index in [0.717, 1.165) is 5.56 Å². The summed E-state index contributed by atoms with van der Waals surface area (Å²) in [5, 5.41) is 14.1. The van der Waals surface area contributed by atoms with Gasteiger partial charge in [0.2, 0.25) is 0 Å². The Labute approximate surface area is 138 Å². The van der Waals surface area contributed by atoms with Crippen molar-refractivity contribution < 1.29 is 5.11 Å². The van der Waals surface area contributed by atoms with Crippen LogP contribution in [0.1, 0.15) is 55.4 Å². The van der Waals surface area contributed by atoms with Crippen LogP contribution in [0.25, 0.3) is 0 Å². The molecule has 1 aliphatic carbocycles. The topological polar surface area (TPSA) is 45.1 Å². The molecule has 2 atom stereocenters. The van der Waals surface area contributed by atoms with E-state index in [0.29, 0.717) is 18.5 Å². The average Bonchev–Trinajstić information content (AvgIpc) is 2.64. The first-order valence-electron chi connectivity index (χ1n) is 8.71. The fourth-order valence-electron chi connectivity index (χ4n) is 3.63. The number of aliphatic hydroxyl groups excluding tert-OH is 1. The fraction of sp³-hybridized carbons (Fsp3) is 0.450. The molecule has 1 aromatic heterocycles. The van der Waals surface area contributed by atoms with Crippen molar-refractivity contribution in [3.8, 4) is 0 Å². The summed E-state index contributed by atoms with van der Waals surface area (Å²) in [5.41, 5.74) is 2.25. The van der Waals surface area contributed by atoms with Gasteiger partial charge in [0.15, 0.2) is 0 Å². The number of pyridine rings is 1. The van der Waals surface area contributed by atoms with E-state index in [1.54, 1.807) is 12.4 Å². The van der Waals surface area contributed by atoms with Crippen molar-refractivity contribution in [2.24, 2.45) is 5.92 Å². The molecule has 122 valence electrons. The minimum Gasteiger partial charge on any atom is -0.387 e. The Bertz CT molecular complexity index is 567. The van der Waals surface area contributed by atoms with Crippen LogP contribution in [0.3, 0.4) is 0 Å². The van der Waals surface area contributed by atoms with Gasteiger partial charge >= 0.3 is 0 Å². The van der Waals surface area contributed by atoms with Crippen LogP contribution in [0.4, 0.5) is 0 Å². The van der Waals surface area contributed by atoms with E-state index in [1.807, 2.05) is 12.1 Å². The number of nitrogens with zero attached hydrogens (tertiary/aromatic N) is 1. The Kier molecular flexibility index (Phi) is 5.78. The van der Waals surface area contributed by atoms with Gasteiger partial charge in [-0.3, -0.25) is 4.98 Å². The summed E-state index contributed by atoms with van der Waals surface area (Å²) in [7, 11) is 0. The maximum atomic E-state index is 10.4. The molecule has 2 aromatic rings. The van der Waals surface area contributed by atoms with Crippen molar-refractivity contribution in [2.75, 3.05) is 6.54 Å². The number of rotatable bonds is 6. The van der Waals surface area contributed by atoms with E-state index in [9.17, 15) is 5.11 Å². The van der Waals surface area contributed by atoms with Crippen LogP contribution < -0.4 is 5.32 Å². The molecule has 0 saturated heterocycles. The lowest BCUT2D eigenvalue weighted by molar-refractivity contribution is 0.158. The number of benzene rings is 1. The molecule has 0 aliphatic heterocycles. The fourth-order valence-corrected chi connectivity index (χ4v) is 3.63. The van der Waals surface area contributed by atoms with E-state index < -0.39 is 6.10 Å². The maximum Gasteiger partial charge on any atom is 0.0915 e. The smallest absolute Gasteiger partial charge is 0.0915 e. The second-order valence-electron chi connectivity index (χ2n) is 6.49. The Morgan fingerprint density at radius 1 is 0.957 bits per heavy atom. The van der Waals surface area contributed by atoms with Gasteiger partial charge in [-0.25, -0.2) is 0 Å². The molecule has 2 N–H and O–H groups in total. The van der Waals surface area contributed by atoms with Gasteiger partial charge in [-0.2, -0.15) is 0 Å². The zero-order chi connectivity index (χ0) is 15.9. The molecule has 1 aromatic carbocycles. The SMILES string of the molecule is O[C@H](CN[C@@H](c1ccccc1)C1CCCCC1)c1ccncc1. The largest absolute Gasteiger partial charge is 0.387 e. The number of aromatic nitrogens is 1. The Hall–Kier alpha value is -1.71. The van der Waals surface area contributed by atoms with Crippen LogP contribution in [-0.4, -0.2) is 16.6 Å². The third kappa shape index (κ3) is 4.40. The summed E-state index contributed by atoms with van der Waals surface area (Å²) in [6.07, 6.45) is 9.52. The molecule has 0 radical (unpaired) electrons. The molecular formula is C20H26N2O. The lowest BCUT2D eigenvalue weighted by Gasteiger charge is -2.32. The predicted molar refractivity (Wildman–Crippen MR) is 93.0 cm³/mol. The van der Waals surface area contributed by atoms with Gasteiger partial charge in [0.25, 0.3) is 0 Å². The highest BCUT2D eigenvalue weighted by Gasteiger charge is 2.25. The Morgan fingerprint density at radius 3 is 2.35 bits per heavy atom. The summed E-state index contributed by atoms with van der Waals surface area (Å²) in [6.45, 7) is 0.570. The third-order valence-corrected chi connectivity index (χ3v) is 4.90. The molecule has 3 nitrogen and oxygen atoms in total. The zero-order valence-corrected chi connectivity index (χ0v) is 13.6. The molecule has 1 heterocycles. The highest BCUT2D eigenvalue weighted by molar-refractivity contribution is 5.20. The van der Waals surface area contributed by atoms with E-state index in [4.69, 9.17) is 0 Å². The first-order valence-corrected chi connectivity index (χ1v) is 8.71. The molecule has 0 unspecified atom stereocenters. The molecule has 3 rings (SSSR count). The molecule has 23 heavy (non-hydrogen) atoms. The van der Waals surface area contributed by atoms with Gasteiger partial charge in [0.05, 0.1) is 6.10 Å². The van der Waals surface area contributed by atoms with Crippen LogP contribution in [0, 0.1) is 5.92 Å². The molecule has 3 heteroatoms. The van der Waals surface area contributed by atoms with Gasteiger partial charge in [-0.05, 0) is 42.0 Å². The number of hydrogen-bond acceptors (Lipinski definition) is 3. The van der Waals surface area contributed by atoms with Gasteiger partial charge < -0.3 is 10.4 Å². The molecule has 1 saturated carbocycles. The number of aliphatic hydroxyl groups is 1. The van der Waals surface area contributed by atoms with Crippen molar-refractivity contribution in [3.05, 3.63) is 66.0 Å². The summed E-state index contributed by atoms with van der Waals surface area (Å²) in [6, 6.07) is 14.8. The third-order valence-electron chi connectivity index (χ3n) is 4.90. The van der Waals surface area contributed by atoms with Gasteiger partial charge in [-0.1, -0.05) is 49.6 Å². The van der Waals surface area contributed by atoms with Crippen molar-refractivity contribution in [1.82, 2.24) is 10.3 Å². The van der Waals surface area contributed by atoms with E-state index in [-0.39, 0.29) is 0 Å². The minimum atomic E-state index is -0.493. The van der Waals surface area contributed by atoms with E-state index in [1.165, 1.54) is 37.7 Å². The molecule has 0 bridgehead atoms. The summed E-state index contributed by atoms with van der Waals surface area (Å²) in [4.78, 5) is 4.01. The summed E-state index contributed by atoms with van der Waals surface area (Å²) >= 11 is 0. The van der Waals surface area contributed by atoms with Gasteiger partial charge in [0, 0.05) is 25.0 Å². The second kappa shape index (κ2) is 8.23. The Morgan fingerprint density at radius 2 is 1.65 bits per heavy atom. The molecule has 0 spiro atoms. The van der Waals surface area contributed by atoms with Crippen molar-refractivity contribution in [3.63, 3.8) is 0 Å². The maximum absolute atomic E-state index is 10.4. The Balaban J connectivity index is 1.68. The first kappa shape index (κ1) is 16.2. The summed E-state index contributed by atoms with van der Waals surface area (Å²) < 4.78 is 0. The first-order chi connectivity index (χ1) is 11.3. The average molecular weight is 310 g/mol. The molecular weight excluding hydrogens is 284 g/mol. The number of nitrogens with one attached hydrogen (secondary N) is 1. The summed E-state index contributed by atoms with van der Waals surface area (Å²) in [5.74, 6) is 0.663. The number of hydrogen-bond donors (Lipinski definition) is 2. The van der Waals surface area contributed by atoms with Crippen molar-refractivity contribution in [1.29, 1.82) is 0 Å². The van der Waals surface area contributed by atoms with E-state index in [2.05, 4.69) is 40.6 Å². The van der Waals surface area contributed by atoms with Crippen LogP contribution in [0.15, 0.2) is 54.9 Å². The second-order valence-corrected chi connectivity index (χ2v) is 6.49. The highest BCUT2D eigenvalue weighted by atomic mass is 16.3. The minimum absolute atomic E-state index is 0.327. The monoisotopic (exact) mass is 310 g/mol. The zero-order valence-electron chi connectivity index (χ0n) is 13.6. The molecule has 0 amide bonds. The van der Waals surface area contributed by atoms with Crippen molar-refractivity contribution in [2.45, 2.75) is 44.2 Å². The van der Waals surface area contributed by atoms with Crippen LogP contribution in [0.5, 0.6) is 0 Å². The van der Waals surface area contributed by atoms with Crippen molar-refractivity contribution >= 4 is 0 Å². The predicted octanol–water partition coefficient (Wildman–Crippen LogP) is 4.03. The normalized spacial score (nSPS) is 18.5. The van der Waals surface area contributed by atoms with Gasteiger partial charge in [-0.15, -0.1) is 0 Å². The van der Waals surface area contributed by atoms with E-state index >= 15 is 0 Å². The highest BCUT2D eigenvalue weighted by Crippen LogP contribution is 2.34. The van der Waals surface area contributed by atoms with Crippen LogP contribution in [0.2, 0.25) is 0 Å². The van der Waals surface area contributed by atoms with Gasteiger partial charge in [0.1, 0.15) is 0 Å². The quantitative estimate of drug-likeness (QED) is 0.847. The lowest BCUT2D eigenvalue weighted by Crippen LogP contribution is -2.32. The van der Waals surface area contributed by atoms with Crippen LogP contribution >= 0.6 is 0 Å². The lowest BCUT2D eigenvalue weighted by atomic mass is 9.81. The molecule has 1 aliphatic rings. The molecule has 1 fully saturated rings.